The van der Waals surface area contributed by atoms with Crippen LogP contribution in [0.3, 0.4) is 0 Å². The molecular formula is C33H42N2O5S. The van der Waals surface area contributed by atoms with E-state index in [9.17, 15) is 9.59 Å². The maximum atomic E-state index is 13.1. The number of aromatic nitrogens is 1. The summed E-state index contributed by atoms with van der Waals surface area (Å²) in [6, 6.07) is 11.3. The van der Waals surface area contributed by atoms with Gasteiger partial charge in [0.05, 0.1) is 25.3 Å². The Balaban J connectivity index is 1.50. The van der Waals surface area contributed by atoms with Crippen LogP contribution in [0.1, 0.15) is 85.0 Å². The second-order valence-corrected chi connectivity index (χ2v) is 13.1. The van der Waals surface area contributed by atoms with Crippen LogP contribution in [0.25, 0.3) is 10.9 Å². The van der Waals surface area contributed by atoms with Crippen LogP contribution in [0.4, 0.5) is 4.79 Å². The maximum absolute atomic E-state index is 13.1. The van der Waals surface area contributed by atoms with Crippen LogP contribution < -0.4 is 4.74 Å². The first kappa shape index (κ1) is 24.6. The van der Waals surface area contributed by atoms with Gasteiger partial charge in [0.25, 0.3) is 0 Å². The molecule has 3 aromatic rings. The fourth-order valence-electron chi connectivity index (χ4n) is 6.41. The van der Waals surface area contributed by atoms with E-state index in [-0.39, 0.29) is 11.5 Å². The molecule has 1 aliphatic heterocycles. The molecule has 0 N–H and O–H groups in total. The summed E-state index contributed by atoms with van der Waals surface area (Å²) in [5, 5.41) is -0.121. The van der Waals surface area contributed by atoms with Gasteiger partial charge in [-0.05, 0) is 107 Å². The van der Waals surface area contributed by atoms with Crippen LogP contribution in [-0.2, 0) is 16.0 Å². The molecule has 1 atom stereocenters. The zero-order valence-corrected chi connectivity index (χ0v) is 25.5. The monoisotopic (exact) mass is 582 g/mol. The van der Waals surface area contributed by atoms with Crippen molar-refractivity contribution in [1.82, 2.24) is 9.47 Å². The van der Waals surface area contributed by atoms with Gasteiger partial charge in [-0.2, -0.15) is 11.8 Å². The molecule has 1 aromatic heterocycles. The quantitative estimate of drug-likeness (QED) is 0.281. The number of benzene rings is 2. The van der Waals surface area contributed by atoms with Crippen LogP contribution in [-0.4, -0.2) is 59.3 Å². The van der Waals surface area contributed by atoms with Crippen molar-refractivity contribution in [3.8, 4) is 5.75 Å². The van der Waals surface area contributed by atoms with E-state index in [4.69, 9.17) is 19.7 Å². The molecule has 2 fully saturated rings. The number of methoxy groups -OCH3 is 2. The van der Waals surface area contributed by atoms with E-state index < -0.39 is 29.1 Å². The Kier molecular flexibility index (Phi) is 6.82. The summed E-state index contributed by atoms with van der Waals surface area (Å²) in [5.74, 6) is 0.324. The Morgan fingerprint density at radius 1 is 1.15 bits per heavy atom. The highest BCUT2D eigenvalue weighted by atomic mass is 32.2. The fraction of sp³-hybridized carbons (Fsp3) is 0.515. The van der Waals surface area contributed by atoms with Gasteiger partial charge in [-0.3, -0.25) is 9.47 Å². The molecule has 5 rings (SSSR count). The molecule has 41 heavy (non-hydrogen) atoms. The highest BCUT2D eigenvalue weighted by molar-refractivity contribution is 7.99. The first-order chi connectivity index (χ1) is 21.0. The summed E-state index contributed by atoms with van der Waals surface area (Å²) in [6.07, 6.45) is 1.71. The molecule has 2 aromatic carbocycles. The number of aryl methyl sites for hydroxylation is 1. The van der Waals surface area contributed by atoms with Crippen molar-refractivity contribution in [1.29, 1.82) is 0 Å². The molecule has 0 unspecified atom stereocenters. The lowest BCUT2D eigenvalue weighted by Gasteiger charge is -2.55. The molecule has 7 nitrogen and oxygen atoms in total. The van der Waals surface area contributed by atoms with Crippen molar-refractivity contribution in [2.75, 3.05) is 26.9 Å². The normalized spacial score (nSPS) is 26.4. The molecular weight excluding hydrogens is 536 g/mol. The summed E-state index contributed by atoms with van der Waals surface area (Å²) in [6.45, 7) is 8.73. The van der Waals surface area contributed by atoms with E-state index in [0.717, 1.165) is 64.5 Å². The van der Waals surface area contributed by atoms with Crippen LogP contribution in [0, 0.1) is 12.3 Å². The van der Waals surface area contributed by atoms with Crippen molar-refractivity contribution in [3.63, 3.8) is 0 Å². The van der Waals surface area contributed by atoms with Gasteiger partial charge in [0.1, 0.15) is 11.4 Å². The third kappa shape index (κ3) is 5.86. The Bertz CT molecular complexity index is 1590. The summed E-state index contributed by atoms with van der Waals surface area (Å²) < 4.78 is 50.0. The van der Waals surface area contributed by atoms with Gasteiger partial charge in [-0.25, -0.2) is 9.59 Å². The van der Waals surface area contributed by atoms with Crippen LogP contribution in [0.5, 0.6) is 5.75 Å². The second-order valence-electron chi connectivity index (χ2n) is 12.4. The maximum Gasteiger partial charge on any atom is 0.419 e. The van der Waals surface area contributed by atoms with Gasteiger partial charge < -0.3 is 14.2 Å². The van der Waals surface area contributed by atoms with Crippen molar-refractivity contribution >= 4 is 34.7 Å². The molecule has 1 saturated heterocycles. The number of nitrogens with zero attached hydrogens (tertiary/aromatic N) is 2. The van der Waals surface area contributed by atoms with Crippen LogP contribution >= 0.6 is 11.8 Å². The van der Waals surface area contributed by atoms with E-state index in [0.29, 0.717) is 24.9 Å². The average Bonchev–Trinajstić information content (AvgIpc) is 3.38. The van der Waals surface area contributed by atoms with Gasteiger partial charge in [0, 0.05) is 40.4 Å². The zero-order valence-electron chi connectivity index (χ0n) is 28.7. The molecule has 0 radical (unpaired) electrons. The third-order valence-electron chi connectivity index (χ3n) is 8.40. The minimum absolute atomic E-state index is 0.0539. The lowest BCUT2D eigenvalue weighted by atomic mass is 9.60. The van der Waals surface area contributed by atoms with E-state index in [1.54, 1.807) is 30.0 Å². The summed E-state index contributed by atoms with van der Waals surface area (Å²) in [5.41, 5.74) is 3.32. The standard InChI is InChI=1S/C33H42N2O5S/c1-21-16-28(38-5)26(25-12-14-35(29(21)25)31(37)40-32(2,3)4)20-34-15-13-33(17-24(18-33)41-7)19-27(34)22-8-10-23(11-9-22)30(36)39-6/h8-12,14,16,24,27H,13,15,17-20H2,1-7H3/t24?,27-,33?/m0/s1/i7D3,24D. The molecule has 1 aliphatic carbocycles. The Labute approximate surface area is 253 Å². The molecule has 1 saturated carbocycles. The van der Waals surface area contributed by atoms with Crippen molar-refractivity contribution in [2.24, 2.45) is 5.41 Å². The van der Waals surface area contributed by atoms with E-state index >= 15 is 0 Å². The summed E-state index contributed by atoms with van der Waals surface area (Å²) >= 11 is 0.782. The van der Waals surface area contributed by atoms with Crippen LogP contribution in [0.15, 0.2) is 42.6 Å². The number of hydrogen-bond donors (Lipinski definition) is 0. The highest BCUT2D eigenvalue weighted by Crippen LogP contribution is 2.57. The topological polar surface area (TPSA) is 70.0 Å². The Morgan fingerprint density at radius 3 is 2.51 bits per heavy atom. The molecule has 2 aliphatic rings. The van der Waals surface area contributed by atoms with Gasteiger partial charge in [-0.1, -0.05) is 12.1 Å². The first-order valence-corrected chi connectivity index (χ1v) is 14.8. The third-order valence-corrected chi connectivity index (χ3v) is 8.98. The zero-order chi connectivity index (χ0) is 32.9. The number of hydrogen-bond acceptors (Lipinski definition) is 7. The number of thioether (sulfide) groups is 1. The van der Waals surface area contributed by atoms with Gasteiger partial charge >= 0.3 is 12.1 Å². The molecule has 2 heterocycles. The predicted octanol–water partition coefficient (Wildman–Crippen LogP) is 7.38. The average molecular weight is 583 g/mol. The smallest absolute Gasteiger partial charge is 0.419 e. The number of piperidine rings is 1. The number of likely N-dealkylation sites (tertiary alicyclic amines) is 1. The summed E-state index contributed by atoms with van der Waals surface area (Å²) in [7, 11) is 3.00. The highest BCUT2D eigenvalue weighted by Gasteiger charge is 2.48. The molecule has 0 bridgehead atoms. The number of esters is 1. The summed E-state index contributed by atoms with van der Waals surface area (Å²) in [4.78, 5) is 27.7. The Hall–Kier alpha value is -2.97. The molecule has 1 spiro atoms. The Morgan fingerprint density at radius 2 is 1.88 bits per heavy atom. The van der Waals surface area contributed by atoms with E-state index in [1.807, 2.05) is 52.0 Å². The molecule has 8 heteroatoms. The number of ether oxygens (including phenoxy) is 3. The second kappa shape index (κ2) is 11.4. The van der Waals surface area contributed by atoms with Gasteiger partial charge in [0.15, 0.2) is 0 Å². The minimum atomic E-state index is -2.21. The van der Waals surface area contributed by atoms with Gasteiger partial charge in [0.2, 0.25) is 0 Å². The van der Waals surface area contributed by atoms with Gasteiger partial charge in [-0.15, -0.1) is 0 Å². The fourth-order valence-corrected chi connectivity index (χ4v) is 7.16. The number of fused-ring (bicyclic) bond motifs is 1. The predicted molar refractivity (Wildman–Crippen MR) is 164 cm³/mol. The van der Waals surface area contributed by atoms with Crippen molar-refractivity contribution < 1.29 is 29.3 Å². The number of carbonyl (C=O) groups is 2. The van der Waals surface area contributed by atoms with Crippen molar-refractivity contribution in [2.45, 2.75) is 76.8 Å². The van der Waals surface area contributed by atoms with Crippen LogP contribution in [0.2, 0.25) is 0 Å². The first-order valence-electron chi connectivity index (χ1n) is 16.0. The SMILES string of the molecule is [2H]C([2H])([2H])SC1([2H])CC2(CCN(Cc3c(OC)cc(C)c4c3ccn4C(=O)OC(C)(C)C)[C@H](c3ccc(C(=O)OC)cc3)C2)C1. The largest absolute Gasteiger partial charge is 0.496 e. The molecule has 220 valence electrons. The lowest BCUT2D eigenvalue weighted by molar-refractivity contribution is -0.00568. The number of carbonyl (C=O) groups excluding carboxylic acids is 2. The van der Waals surface area contributed by atoms with E-state index in [1.165, 1.54) is 7.11 Å². The van der Waals surface area contributed by atoms with Crippen molar-refractivity contribution in [3.05, 3.63) is 64.8 Å². The number of rotatable bonds is 6. The minimum Gasteiger partial charge on any atom is -0.496 e. The van der Waals surface area contributed by atoms with E-state index in [2.05, 4.69) is 4.90 Å². The molecule has 0 amide bonds. The lowest BCUT2D eigenvalue weighted by Crippen LogP contribution is -2.49.